The van der Waals surface area contributed by atoms with E-state index >= 15 is 0 Å². The Hall–Kier alpha value is -4.17. The Balaban J connectivity index is 1.67. The summed E-state index contributed by atoms with van der Waals surface area (Å²) in [6, 6.07) is 20.6. The Morgan fingerprint density at radius 1 is 1.03 bits per heavy atom. The maximum absolute atomic E-state index is 13.5. The highest BCUT2D eigenvalue weighted by atomic mass is 32.1. The second-order valence-corrected chi connectivity index (χ2v) is 9.65. The Morgan fingerprint density at radius 2 is 1.84 bits per heavy atom. The molecule has 0 spiro atoms. The van der Waals surface area contributed by atoms with E-state index in [0.29, 0.717) is 39.9 Å². The number of ketones is 1. The molecule has 37 heavy (non-hydrogen) atoms. The van der Waals surface area contributed by atoms with Gasteiger partial charge in [0.25, 0.3) is 5.78 Å². The van der Waals surface area contributed by atoms with Gasteiger partial charge in [-0.3, -0.25) is 14.5 Å². The number of carbonyl (C=O) groups is 2. The van der Waals surface area contributed by atoms with Gasteiger partial charge in [0, 0.05) is 5.56 Å². The minimum Gasteiger partial charge on any atom is -0.507 e. The highest BCUT2D eigenvalue weighted by Crippen LogP contribution is 2.45. The molecule has 0 saturated carbocycles. The van der Waals surface area contributed by atoms with Crippen LogP contribution in [-0.4, -0.2) is 35.5 Å². The maximum Gasteiger partial charge on any atom is 0.301 e. The van der Waals surface area contributed by atoms with Gasteiger partial charge in [-0.2, -0.15) is 0 Å². The first kappa shape index (κ1) is 24.5. The number of hydrogen-bond acceptors (Lipinski definition) is 7. The molecule has 2 heterocycles. The van der Waals surface area contributed by atoms with Crippen LogP contribution in [0, 0.1) is 0 Å². The first-order valence-electron chi connectivity index (χ1n) is 12.1. The van der Waals surface area contributed by atoms with Crippen molar-refractivity contribution in [1.29, 1.82) is 0 Å². The molecule has 1 amide bonds. The van der Waals surface area contributed by atoms with Crippen LogP contribution in [0.3, 0.4) is 0 Å². The lowest BCUT2D eigenvalue weighted by Crippen LogP contribution is -2.29. The topological polar surface area (TPSA) is 89.0 Å². The summed E-state index contributed by atoms with van der Waals surface area (Å²) in [7, 11) is 1.58. The molecule has 1 N–H and O–H groups in total. The highest BCUT2D eigenvalue weighted by molar-refractivity contribution is 7.22. The number of methoxy groups -OCH3 is 1. The molecule has 5 rings (SSSR count). The maximum atomic E-state index is 13.5. The predicted octanol–water partition coefficient (Wildman–Crippen LogP) is 6.11. The molecule has 3 aromatic carbocycles. The van der Waals surface area contributed by atoms with Gasteiger partial charge in [-0.15, -0.1) is 0 Å². The molecule has 0 aliphatic carbocycles. The Kier molecular flexibility index (Phi) is 6.92. The lowest BCUT2D eigenvalue weighted by molar-refractivity contribution is -0.132. The number of fused-ring (bicyclic) bond motifs is 1. The largest absolute Gasteiger partial charge is 0.507 e. The number of aliphatic hydroxyl groups is 1. The molecule has 1 unspecified atom stereocenters. The van der Waals surface area contributed by atoms with Crippen molar-refractivity contribution in [2.75, 3.05) is 18.6 Å². The van der Waals surface area contributed by atoms with Gasteiger partial charge in [0.2, 0.25) is 0 Å². The van der Waals surface area contributed by atoms with Crippen LogP contribution < -0.4 is 14.4 Å². The quantitative estimate of drug-likeness (QED) is 0.132. The fraction of sp³-hybridized carbons (Fsp3) is 0.207. The Bertz CT molecular complexity index is 1490. The Labute approximate surface area is 218 Å². The first-order chi connectivity index (χ1) is 18.0. The third-order valence-corrected chi connectivity index (χ3v) is 7.24. The van der Waals surface area contributed by atoms with E-state index in [0.717, 1.165) is 17.5 Å². The van der Waals surface area contributed by atoms with E-state index in [1.807, 2.05) is 42.5 Å². The fourth-order valence-electron chi connectivity index (χ4n) is 4.33. The van der Waals surface area contributed by atoms with E-state index in [2.05, 4.69) is 11.9 Å². The van der Waals surface area contributed by atoms with Crippen LogP contribution in [0.25, 0.3) is 16.0 Å². The van der Waals surface area contributed by atoms with Crippen molar-refractivity contribution in [2.24, 2.45) is 0 Å². The third-order valence-electron chi connectivity index (χ3n) is 6.22. The molecule has 188 valence electrons. The zero-order valence-corrected chi connectivity index (χ0v) is 21.3. The number of thiazole rings is 1. The summed E-state index contributed by atoms with van der Waals surface area (Å²) in [4.78, 5) is 32.9. The number of nitrogens with zero attached hydrogens (tertiary/aromatic N) is 2. The number of aliphatic hydroxyl groups excluding tert-OH is 1. The van der Waals surface area contributed by atoms with Gasteiger partial charge in [-0.05, 0) is 42.3 Å². The van der Waals surface area contributed by atoms with Crippen molar-refractivity contribution >= 4 is 44.1 Å². The molecular formula is C29H26N2O5S. The highest BCUT2D eigenvalue weighted by Gasteiger charge is 2.48. The summed E-state index contributed by atoms with van der Waals surface area (Å²) in [5, 5.41) is 11.6. The molecule has 7 nitrogen and oxygen atoms in total. The summed E-state index contributed by atoms with van der Waals surface area (Å²) in [5.41, 5.74) is 1.79. The molecule has 4 aromatic rings. The second-order valence-electron chi connectivity index (χ2n) is 8.64. The van der Waals surface area contributed by atoms with Crippen molar-refractivity contribution in [3.8, 4) is 11.5 Å². The van der Waals surface area contributed by atoms with E-state index < -0.39 is 17.7 Å². The summed E-state index contributed by atoms with van der Waals surface area (Å²) in [5.74, 6) is -0.439. The van der Waals surface area contributed by atoms with Gasteiger partial charge in [0.15, 0.2) is 5.13 Å². The minimum absolute atomic E-state index is 0.0127. The molecule has 1 aliphatic heterocycles. The smallest absolute Gasteiger partial charge is 0.301 e. The van der Waals surface area contributed by atoms with E-state index in [4.69, 9.17) is 9.47 Å². The van der Waals surface area contributed by atoms with Crippen molar-refractivity contribution in [2.45, 2.75) is 25.8 Å². The van der Waals surface area contributed by atoms with Crippen LogP contribution in [0.5, 0.6) is 11.5 Å². The molecule has 1 atom stereocenters. The summed E-state index contributed by atoms with van der Waals surface area (Å²) < 4.78 is 12.0. The van der Waals surface area contributed by atoms with Crippen LogP contribution in [0.4, 0.5) is 5.13 Å². The molecule has 8 heteroatoms. The zero-order valence-electron chi connectivity index (χ0n) is 20.5. The van der Waals surface area contributed by atoms with Gasteiger partial charge in [-0.25, -0.2) is 4.98 Å². The summed E-state index contributed by atoms with van der Waals surface area (Å²) in [6.07, 6.45) is 1.91. The average Bonchev–Trinajstić information content (AvgIpc) is 3.46. The number of anilines is 1. The number of amides is 1. The number of hydrogen-bond donors (Lipinski definition) is 1. The lowest BCUT2D eigenvalue weighted by Gasteiger charge is -2.23. The third kappa shape index (κ3) is 4.68. The zero-order chi connectivity index (χ0) is 25.9. The Morgan fingerprint density at radius 3 is 2.59 bits per heavy atom. The fourth-order valence-corrected chi connectivity index (χ4v) is 5.35. The number of ether oxygens (including phenoxy) is 2. The molecule has 1 aliphatic rings. The van der Waals surface area contributed by atoms with Gasteiger partial charge in [0.1, 0.15) is 17.3 Å². The number of carbonyl (C=O) groups excluding carboxylic acids is 2. The number of rotatable bonds is 8. The normalized spacial score (nSPS) is 16.9. The van der Waals surface area contributed by atoms with Crippen LogP contribution in [-0.2, 0) is 9.59 Å². The van der Waals surface area contributed by atoms with Gasteiger partial charge in [-0.1, -0.05) is 67.1 Å². The molecule has 1 saturated heterocycles. The molecule has 1 fully saturated rings. The second kappa shape index (κ2) is 10.4. The SMILES string of the molecule is CCCCOc1cccc(C2C(=C(O)c3ccccc3)C(=O)C(=O)N2c2nc3ccc(OC)cc3s2)c1. The molecule has 0 bridgehead atoms. The molecule has 1 aromatic heterocycles. The predicted molar refractivity (Wildman–Crippen MR) is 144 cm³/mol. The molecule has 0 radical (unpaired) electrons. The van der Waals surface area contributed by atoms with E-state index in [9.17, 15) is 14.7 Å². The first-order valence-corrected chi connectivity index (χ1v) is 12.9. The van der Waals surface area contributed by atoms with Gasteiger partial charge in [0.05, 0.1) is 35.5 Å². The van der Waals surface area contributed by atoms with Crippen molar-refractivity contribution < 1.29 is 24.2 Å². The van der Waals surface area contributed by atoms with Crippen LogP contribution >= 0.6 is 11.3 Å². The monoisotopic (exact) mass is 514 g/mol. The van der Waals surface area contributed by atoms with Crippen LogP contribution in [0.1, 0.15) is 36.9 Å². The van der Waals surface area contributed by atoms with E-state index in [1.54, 1.807) is 37.4 Å². The van der Waals surface area contributed by atoms with Crippen LogP contribution in [0.2, 0.25) is 0 Å². The van der Waals surface area contributed by atoms with Crippen molar-refractivity contribution in [3.05, 3.63) is 89.5 Å². The molecular weight excluding hydrogens is 488 g/mol. The van der Waals surface area contributed by atoms with E-state index in [-0.39, 0.29) is 11.3 Å². The summed E-state index contributed by atoms with van der Waals surface area (Å²) >= 11 is 1.29. The van der Waals surface area contributed by atoms with Gasteiger partial charge < -0.3 is 14.6 Å². The van der Waals surface area contributed by atoms with Crippen molar-refractivity contribution in [1.82, 2.24) is 4.98 Å². The number of Topliss-reactive ketones (excluding diaryl/α,β-unsaturated/α-hetero) is 1. The van der Waals surface area contributed by atoms with Gasteiger partial charge >= 0.3 is 5.91 Å². The van der Waals surface area contributed by atoms with Crippen LogP contribution in [0.15, 0.2) is 78.4 Å². The van der Waals surface area contributed by atoms with Crippen molar-refractivity contribution in [3.63, 3.8) is 0 Å². The lowest BCUT2D eigenvalue weighted by atomic mass is 9.95. The average molecular weight is 515 g/mol. The minimum atomic E-state index is -0.877. The number of benzene rings is 3. The standard InChI is InChI=1S/C29H26N2O5S/c1-3-4-15-36-21-12-8-11-19(16-21)25-24(26(32)18-9-6-5-7-10-18)27(33)28(34)31(25)29-30-22-14-13-20(35-2)17-23(22)37-29/h5-14,16-17,25,32H,3-4,15H2,1-2H3. The summed E-state index contributed by atoms with van der Waals surface area (Å²) in [6.45, 7) is 2.65. The number of unbranched alkanes of at least 4 members (excludes halogenated alkanes) is 1. The number of aromatic nitrogens is 1. The van der Waals surface area contributed by atoms with E-state index in [1.165, 1.54) is 16.2 Å².